The molecule has 9 nitrogen and oxygen atoms in total. The number of aryl methyl sites for hydroxylation is 3. The van der Waals surface area contributed by atoms with Crippen LogP contribution in [0.5, 0.6) is 5.88 Å². The van der Waals surface area contributed by atoms with Gasteiger partial charge in [-0.2, -0.15) is 5.10 Å². The van der Waals surface area contributed by atoms with Crippen LogP contribution in [0.1, 0.15) is 34.8 Å². The maximum absolute atomic E-state index is 12.9. The summed E-state index contributed by atoms with van der Waals surface area (Å²) in [7, 11) is 3.45. The Kier molecular flexibility index (Phi) is 6.16. The third-order valence-electron chi connectivity index (χ3n) is 5.69. The number of amides is 1. The molecule has 1 aromatic carbocycles. The number of ether oxygens (including phenoxy) is 1. The molecule has 0 bridgehead atoms. The monoisotopic (exact) mass is 433 g/mol. The predicted octanol–water partition coefficient (Wildman–Crippen LogP) is 2.68. The van der Waals surface area contributed by atoms with Gasteiger partial charge in [0.1, 0.15) is 12.7 Å². The second-order valence-corrected chi connectivity index (χ2v) is 7.78. The molecule has 4 rings (SSSR count). The lowest BCUT2D eigenvalue weighted by molar-refractivity contribution is -0.121. The molecule has 166 valence electrons. The maximum atomic E-state index is 12.9. The molecular formula is C23H27N7O2. The highest BCUT2D eigenvalue weighted by molar-refractivity contribution is 5.86. The number of hydrogen-bond donors (Lipinski definition) is 1. The smallest absolute Gasteiger partial charge is 0.242 e. The van der Waals surface area contributed by atoms with E-state index in [1.165, 1.54) is 6.33 Å². The van der Waals surface area contributed by atoms with Crippen molar-refractivity contribution in [1.82, 2.24) is 34.8 Å². The van der Waals surface area contributed by atoms with Gasteiger partial charge in [-0.05, 0) is 37.0 Å². The van der Waals surface area contributed by atoms with Crippen LogP contribution in [-0.2, 0) is 24.8 Å². The first-order chi connectivity index (χ1) is 15.5. The SMILES string of the molecule is COc1nn(C)c2nc(C)c(CCC(=O)NC(Cn3cncn3)c3ccccc3)c(C)c12. The van der Waals surface area contributed by atoms with E-state index in [1.807, 2.05) is 51.2 Å². The molecule has 1 amide bonds. The number of carbonyl (C=O) groups excluding carboxylic acids is 1. The van der Waals surface area contributed by atoms with Crippen LogP contribution in [0.3, 0.4) is 0 Å². The molecule has 0 saturated carbocycles. The van der Waals surface area contributed by atoms with E-state index in [2.05, 4.69) is 20.5 Å². The molecule has 0 saturated heterocycles. The summed E-state index contributed by atoms with van der Waals surface area (Å²) in [6, 6.07) is 9.69. The quantitative estimate of drug-likeness (QED) is 0.459. The molecule has 0 spiro atoms. The molecule has 32 heavy (non-hydrogen) atoms. The number of benzene rings is 1. The third kappa shape index (κ3) is 4.32. The lowest BCUT2D eigenvalue weighted by atomic mass is 9.99. The van der Waals surface area contributed by atoms with Gasteiger partial charge in [0, 0.05) is 19.2 Å². The number of nitrogens with one attached hydrogen (secondary N) is 1. The van der Waals surface area contributed by atoms with Crippen molar-refractivity contribution in [3.63, 3.8) is 0 Å². The highest BCUT2D eigenvalue weighted by Crippen LogP contribution is 2.30. The Labute approximate surface area is 186 Å². The Balaban J connectivity index is 1.52. The van der Waals surface area contributed by atoms with Gasteiger partial charge < -0.3 is 10.1 Å². The van der Waals surface area contributed by atoms with Crippen molar-refractivity contribution in [2.75, 3.05) is 7.11 Å². The topological polar surface area (TPSA) is 99.8 Å². The number of aromatic nitrogens is 6. The maximum Gasteiger partial charge on any atom is 0.242 e. The van der Waals surface area contributed by atoms with Crippen molar-refractivity contribution in [2.45, 2.75) is 39.3 Å². The fourth-order valence-corrected chi connectivity index (χ4v) is 4.05. The first-order valence-corrected chi connectivity index (χ1v) is 10.5. The van der Waals surface area contributed by atoms with Crippen LogP contribution < -0.4 is 10.1 Å². The second kappa shape index (κ2) is 9.17. The molecule has 1 unspecified atom stereocenters. The second-order valence-electron chi connectivity index (χ2n) is 7.78. The molecule has 1 atom stereocenters. The molecule has 0 aliphatic rings. The number of nitrogens with zero attached hydrogens (tertiary/aromatic N) is 6. The van der Waals surface area contributed by atoms with E-state index >= 15 is 0 Å². The van der Waals surface area contributed by atoms with Gasteiger partial charge in [0.25, 0.3) is 0 Å². The minimum absolute atomic E-state index is 0.0315. The Morgan fingerprint density at radius 1 is 1.22 bits per heavy atom. The van der Waals surface area contributed by atoms with E-state index in [1.54, 1.807) is 22.8 Å². The predicted molar refractivity (Wildman–Crippen MR) is 120 cm³/mol. The zero-order chi connectivity index (χ0) is 22.7. The Morgan fingerprint density at radius 3 is 2.69 bits per heavy atom. The Morgan fingerprint density at radius 2 is 2.00 bits per heavy atom. The summed E-state index contributed by atoms with van der Waals surface area (Å²) in [6.07, 6.45) is 4.07. The van der Waals surface area contributed by atoms with Crippen molar-refractivity contribution in [2.24, 2.45) is 7.05 Å². The normalized spacial score (nSPS) is 12.1. The molecule has 4 aromatic rings. The standard InChI is InChI=1S/C23H27N7O2/c1-15-18(16(2)26-22-21(15)23(32-4)28-29(22)3)10-11-20(31)27-19(12-30-14-24-13-25-30)17-8-6-5-7-9-17/h5-9,13-14,19H,10-12H2,1-4H3,(H,27,31). The van der Waals surface area contributed by atoms with Crippen LogP contribution in [0.2, 0.25) is 0 Å². The van der Waals surface area contributed by atoms with Crippen LogP contribution in [-0.4, -0.2) is 42.5 Å². The molecule has 9 heteroatoms. The van der Waals surface area contributed by atoms with Crippen molar-refractivity contribution < 1.29 is 9.53 Å². The van der Waals surface area contributed by atoms with Crippen molar-refractivity contribution in [1.29, 1.82) is 0 Å². The minimum Gasteiger partial charge on any atom is -0.479 e. The number of hydrogen-bond acceptors (Lipinski definition) is 6. The van der Waals surface area contributed by atoms with Gasteiger partial charge >= 0.3 is 0 Å². The van der Waals surface area contributed by atoms with Crippen LogP contribution in [0.25, 0.3) is 11.0 Å². The Hall–Kier alpha value is -3.75. The van der Waals surface area contributed by atoms with E-state index in [0.717, 1.165) is 33.4 Å². The summed E-state index contributed by atoms with van der Waals surface area (Å²) in [5.74, 6) is 0.520. The lowest BCUT2D eigenvalue weighted by Gasteiger charge is -2.19. The number of fused-ring (bicyclic) bond motifs is 1. The average Bonchev–Trinajstić information content (AvgIpc) is 3.41. The van der Waals surface area contributed by atoms with E-state index in [0.29, 0.717) is 25.3 Å². The molecule has 3 aromatic heterocycles. The van der Waals surface area contributed by atoms with Gasteiger partial charge in [0.05, 0.1) is 25.1 Å². The molecule has 0 fully saturated rings. The van der Waals surface area contributed by atoms with Gasteiger partial charge in [0.15, 0.2) is 5.65 Å². The molecule has 0 radical (unpaired) electrons. The highest BCUT2D eigenvalue weighted by Gasteiger charge is 2.20. The fourth-order valence-electron chi connectivity index (χ4n) is 4.05. The summed E-state index contributed by atoms with van der Waals surface area (Å²) in [5.41, 5.74) is 4.79. The molecule has 3 heterocycles. The third-order valence-corrected chi connectivity index (χ3v) is 5.69. The number of carbonyl (C=O) groups is 1. The van der Waals surface area contributed by atoms with E-state index in [9.17, 15) is 4.79 Å². The minimum atomic E-state index is -0.202. The number of methoxy groups -OCH3 is 1. The van der Waals surface area contributed by atoms with Gasteiger partial charge in [-0.15, -0.1) is 5.10 Å². The average molecular weight is 434 g/mol. The van der Waals surface area contributed by atoms with Crippen LogP contribution >= 0.6 is 0 Å². The van der Waals surface area contributed by atoms with E-state index < -0.39 is 0 Å². The van der Waals surface area contributed by atoms with Crippen molar-refractivity contribution in [3.05, 3.63) is 65.4 Å². The fraction of sp³-hybridized carbons (Fsp3) is 0.348. The highest BCUT2D eigenvalue weighted by atomic mass is 16.5. The summed E-state index contributed by atoms with van der Waals surface area (Å²) in [6.45, 7) is 4.51. The van der Waals surface area contributed by atoms with Gasteiger partial charge in [-0.25, -0.2) is 14.6 Å². The number of pyridine rings is 1. The first-order valence-electron chi connectivity index (χ1n) is 10.5. The van der Waals surface area contributed by atoms with Crippen LogP contribution in [0, 0.1) is 13.8 Å². The largest absolute Gasteiger partial charge is 0.479 e. The molecule has 1 N–H and O–H groups in total. The van der Waals surface area contributed by atoms with Gasteiger partial charge in [0.2, 0.25) is 11.8 Å². The summed E-state index contributed by atoms with van der Waals surface area (Å²) < 4.78 is 8.88. The Bertz CT molecular complexity index is 1220. The van der Waals surface area contributed by atoms with E-state index in [-0.39, 0.29) is 11.9 Å². The molecular weight excluding hydrogens is 406 g/mol. The summed E-state index contributed by atoms with van der Waals surface area (Å²) >= 11 is 0. The van der Waals surface area contributed by atoms with Crippen LogP contribution in [0.15, 0.2) is 43.0 Å². The number of rotatable bonds is 8. The summed E-state index contributed by atoms with van der Waals surface area (Å²) in [5, 5.41) is 12.6. The molecule has 0 aliphatic carbocycles. The van der Waals surface area contributed by atoms with E-state index in [4.69, 9.17) is 9.72 Å². The zero-order valence-corrected chi connectivity index (χ0v) is 18.7. The lowest BCUT2D eigenvalue weighted by Crippen LogP contribution is -2.31. The van der Waals surface area contributed by atoms with Gasteiger partial charge in [-0.1, -0.05) is 30.3 Å². The van der Waals surface area contributed by atoms with Crippen LogP contribution in [0.4, 0.5) is 0 Å². The first kappa shape index (κ1) is 21.5. The van der Waals surface area contributed by atoms with Crippen molar-refractivity contribution in [3.8, 4) is 5.88 Å². The summed E-state index contributed by atoms with van der Waals surface area (Å²) in [4.78, 5) is 21.6. The zero-order valence-electron chi connectivity index (χ0n) is 18.7. The molecule has 0 aliphatic heterocycles. The van der Waals surface area contributed by atoms with Gasteiger partial charge in [-0.3, -0.25) is 9.48 Å². The van der Waals surface area contributed by atoms with Crippen molar-refractivity contribution >= 4 is 16.9 Å².